The van der Waals surface area contributed by atoms with Crippen LogP contribution in [0.25, 0.3) is 34.2 Å². The van der Waals surface area contributed by atoms with Crippen LogP contribution in [0.5, 0.6) is 23.0 Å². The summed E-state index contributed by atoms with van der Waals surface area (Å²) in [6.07, 6.45) is 0. The highest BCUT2D eigenvalue weighted by molar-refractivity contribution is 5.89. The van der Waals surface area contributed by atoms with E-state index in [4.69, 9.17) is 9.47 Å². The molecule has 182 valence electrons. The minimum Gasteiger partial charge on any atom is -0.507 e. The molecule has 5 rings (SSSR count). The second-order valence-corrected chi connectivity index (χ2v) is 7.99. The Kier molecular flexibility index (Phi) is 6.46. The van der Waals surface area contributed by atoms with Gasteiger partial charge in [0.1, 0.15) is 23.0 Å². The largest absolute Gasteiger partial charge is 0.507 e. The number of carbonyl (C=O) groups excluding carboxylic acids is 1. The molecule has 0 unspecified atom stereocenters. The quantitative estimate of drug-likeness (QED) is 0.284. The van der Waals surface area contributed by atoms with E-state index < -0.39 is 5.97 Å². The van der Waals surface area contributed by atoms with Crippen molar-refractivity contribution in [2.45, 2.75) is 0 Å². The van der Waals surface area contributed by atoms with Crippen molar-refractivity contribution >= 4 is 5.97 Å². The minimum atomic E-state index is -0.458. The van der Waals surface area contributed by atoms with Gasteiger partial charge in [0.05, 0.1) is 23.8 Å². The lowest BCUT2D eigenvalue weighted by atomic mass is 10.1. The van der Waals surface area contributed by atoms with Crippen molar-refractivity contribution in [3.8, 4) is 57.2 Å². The number of rotatable bonds is 6. The van der Waals surface area contributed by atoms with Gasteiger partial charge in [0.15, 0.2) is 17.5 Å². The number of nitrogens with zero attached hydrogens (tertiary/aromatic N) is 3. The molecule has 0 atom stereocenters. The Bertz CT molecular complexity index is 1570. The molecule has 1 heterocycles. The average Bonchev–Trinajstić information content (AvgIpc) is 2.93. The summed E-state index contributed by atoms with van der Waals surface area (Å²) in [4.78, 5) is 25.5. The number of ether oxygens (including phenoxy) is 2. The van der Waals surface area contributed by atoms with Gasteiger partial charge in [0.25, 0.3) is 0 Å². The fourth-order valence-corrected chi connectivity index (χ4v) is 3.67. The zero-order chi connectivity index (χ0) is 25.8. The summed E-state index contributed by atoms with van der Waals surface area (Å²) in [5.74, 6) is 1.25. The lowest BCUT2D eigenvalue weighted by Crippen LogP contribution is -2.02. The van der Waals surface area contributed by atoms with Crippen molar-refractivity contribution in [1.82, 2.24) is 15.0 Å². The molecule has 5 aromatic rings. The van der Waals surface area contributed by atoms with E-state index in [1.54, 1.807) is 54.6 Å². The van der Waals surface area contributed by atoms with Crippen LogP contribution >= 0.6 is 0 Å². The van der Waals surface area contributed by atoms with E-state index in [-0.39, 0.29) is 23.1 Å². The zero-order valence-electron chi connectivity index (χ0n) is 19.7. The van der Waals surface area contributed by atoms with Crippen molar-refractivity contribution in [3.63, 3.8) is 0 Å². The topological polar surface area (TPSA) is 115 Å². The number of benzene rings is 4. The Hall–Kier alpha value is -5.24. The highest BCUT2D eigenvalue weighted by Crippen LogP contribution is 2.35. The number of hydrogen-bond donors (Lipinski definition) is 2. The van der Waals surface area contributed by atoms with Crippen LogP contribution in [-0.4, -0.2) is 38.2 Å². The second-order valence-electron chi connectivity index (χ2n) is 7.99. The van der Waals surface area contributed by atoms with Gasteiger partial charge in [-0.25, -0.2) is 19.7 Å². The number of carbonyl (C=O) groups is 1. The molecule has 8 heteroatoms. The first-order valence-corrected chi connectivity index (χ1v) is 11.3. The van der Waals surface area contributed by atoms with Gasteiger partial charge in [-0.1, -0.05) is 42.5 Å². The molecule has 2 N–H and O–H groups in total. The number of aromatic nitrogens is 3. The van der Waals surface area contributed by atoms with E-state index in [0.29, 0.717) is 39.6 Å². The van der Waals surface area contributed by atoms with Gasteiger partial charge in [-0.05, 0) is 48.5 Å². The molecule has 37 heavy (non-hydrogen) atoms. The Morgan fingerprint density at radius 3 is 1.92 bits per heavy atom. The van der Waals surface area contributed by atoms with Crippen molar-refractivity contribution in [2.75, 3.05) is 7.11 Å². The van der Waals surface area contributed by atoms with E-state index in [2.05, 4.69) is 15.0 Å². The maximum Gasteiger partial charge on any atom is 0.337 e. The highest BCUT2D eigenvalue weighted by atomic mass is 16.5. The Labute approximate surface area is 212 Å². The third-order valence-corrected chi connectivity index (χ3v) is 5.53. The lowest BCUT2D eigenvalue weighted by Gasteiger charge is -2.11. The van der Waals surface area contributed by atoms with Gasteiger partial charge < -0.3 is 19.7 Å². The van der Waals surface area contributed by atoms with Crippen LogP contribution in [0.2, 0.25) is 0 Å². The van der Waals surface area contributed by atoms with Gasteiger partial charge in [-0.3, -0.25) is 0 Å². The number of esters is 1. The number of hydrogen-bond acceptors (Lipinski definition) is 8. The van der Waals surface area contributed by atoms with E-state index in [9.17, 15) is 15.0 Å². The fourth-order valence-electron chi connectivity index (χ4n) is 3.67. The number of methoxy groups -OCH3 is 1. The third-order valence-electron chi connectivity index (χ3n) is 5.53. The molecule has 8 nitrogen and oxygen atoms in total. The molecule has 0 fully saturated rings. The van der Waals surface area contributed by atoms with Gasteiger partial charge in [0.2, 0.25) is 0 Å². The average molecular weight is 492 g/mol. The summed E-state index contributed by atoms with van der Waals surface area (Å²) in [6, 6.07) is 27.4. The molecule has 0 spiro atoms. The first-order chi connectivity index (χ1) is 18.0. The van der Waals surface area contributed by atoms with Crippen LogP contribution in [0, 0.1) is 0 Å². The van der Waals surface area contributed by atoms with Gasteiger partial charge >= 0.3 is 5.97 Å². The maximum absolute atomic E-state index is 11.8. The van der Waals surface area contributed by atoms with E-state index in [1.807, 2.05) is 30.3 Å². The van der Waals surface area contributed by atoms with Crippen LogP contribution in [0.4, 0.5) is 0 Å². The normalized spacial score (nSPS) is 10.6. The van der Waals surface area contributed by atoms with Crippen LogP contribution in [0.3, 0.4) is 0 Å². The van der Waals surface area contributed by atoms with Gasteiger partial charge in [-0.2, -0.15) is 0 Å². The van der Waals surface area contributed by atoms with Gasteiger partial charge in [-0.15, -0.1) is 0 Å². The monoisotopic (exact) mass is 491 g/mol. The summed E-state index contributed by atoms with van der Waals surface area (Å²) in [6.45, 7) is 0. The molecule has 0 aliphatic rings. The summed E-state index contributed by atoms with van der Waals surface area (Å²) in [7, 11) is 1.32. The maximum atomic E-state index is 11.8. The predicted octanol–water partition coefficient (Wildman–Crippen LogP) is 5.86. The number of phenolic OH excluding ortho intramolecular Hbond substituents is 2. The van der Waals surface area contributed by atoms with Gasteiger partial charge in [0, 0.05) is 11.6 Å². The standard InChI is InChI=1S/C29H21N3O5/c1-36-29(35)19-13-11-18(12-14-19)26-30-27(22-9-5-6-10-24(22)33)32-28(31-26)23-16-15-21(17-25(23)34)37-20-7-3-2-4-8-20/h2-17,33-34H,1H3. The first-order valence-electron chi connectivity index (χ1n) is 11.3. The van der Waals surface area contributed by atoms with Crippen LogP contribution < -0.4 is 4.74 Å². The molecule has 4 aromatic carbocycles. The molecular weight excluding hydrogens is 470 g/mol. The highest BCUT2D eigenvalue weighted by Gasteiger charge is 2.17. The molecule has 0 aliphatic heterocycles. The fraction of sp³-hybridized carbons (Fsp3) is 0.0345. The van der Waals surface area contributed by atoms with E-state index >= 15 is 0 Å². The first kappa shape index (κ1) is 23.5. The second kappa shape index (κ2) is 10.2. The Morgan fingerprint density at radius 2 is 1.27 bits per heavy atom. The molecular formula is C29H21N3O5. The third kappa shape index (κ3) is 5.08. The number of phenols is 2. The van der Waals surface area contributed by atoms with Crippen LogP contribution in [0.1, 0.15) is 10.4 Å². The molecule has 0 saturated carbocycles. The van der Waals surface area contributed by atoms with Crippen molar-refractivity contribution in [2.24, 2.45) is 0 Å². The van der Waals surface area contributed by atoms with Crippen molar-refractivity contribution in [1.29, 1.82) is 0 Å². The summed E-state index contributed by atoms with van der Waals surface area (Å²) in [5, 5.41) is 21.3. The summed E-state index contributed by atoms with van der Waals surface area (Å²) < 4.78 is 10.6. The Morgan fingerprint density at radius 1 is 0.649 bits per heavy atom. The summed E-state index contributed by atoms with van der Waals surface area (Å²) in [5.41, 5.74) is 1.75. The van der Waals surface area contributed by atoms with Crippen LogP contribution in [-0.2, 0) is 4.74 Å². The molecule has 0 saturated heterocycles. The molecule has 0 amide bonds. The van der Waals surface area contributed by atoms with Crippen molar-refractivity contribution < 1.29 is 24.5 Å². The van der Waals surface area contributed by atoms with E-state index in [1.165, 1.54) is 19.2 Å². The van der Waals surface area contributed by atoms with Crippen LogP contribution in [0.15, 0.2) is 97.1 Å². The molecule has 1 aromatic heterocycles. The lowest BCUT2D eigenvalue weighted by molar-refractivity contribution is 0.0600. The SMILES string of the molecule is COC(=O)c1ccc(-c2nc(-c3ccccc3O)nc(-c3ccc(Oc4ccccc4)cc3O)n2)cc1. The Balaban J connectivity index is 1.58. The van der Waals surface area contributed by atoms with E-state index in [0.717, 1.165) is 0 Å². The molecule has 0 radical (unpaired) electrons. The predicted molar refractivity (Wildman–Crippen MR) is 137 cm³/mol. The summed E-state index contributed by atoms with van der Waals surface area (Å²) >= 11 is 0. The number of aromatic hydroxyl groups is 2. The van der Waals surface area contributed by atoms with Crippen molar-refractivity contribution in [3.05, 3.63) is 103 Å². The smallest absolute Gasteiger partial charge is 0.337 e. The zero-order valence-corrected chi connectivity index (χ0v) is 19.7. The molecule has 0 aliphatic carbocycles. The molecule has 0 bridgehead atoms. The minimum absolute atomic E-state index is 0.00229. The number of para-hydroxylation sites is 2.